The molecule has 0 aliphatic heterocycles. The topological polar surface area (TPSA) is 18.5 Å². The van der Waals surface area contributed by atoms with Crippen LogP contribution in [-0.4, -0.2) is 26.4 Å². The molecule has 0 radical (unpaired) electrons. The van der Waals surface area contributed by atoms with Crippen molar-refractivity contribution in [2.24, 2.45) is 0 Å². The molecule has 0 saturated heterocycles. The number of hydrogen-bond acceptors (Lipinski definition) is 2. The standard InChI is InChI=1S/C34H34O2/c1-5-13-29-25(9-1)23-26-10-2-6-14-30(26)33(29)17-19-35-21-22-36-20-18-34-31-15-7-3-11-27(31)24-28-12-4-8-16-32(28)34/h1-16,33-34H,17-24H2. The van der Waals surface area contributed by atoms with Crippen molar-refractivity contribution in [3.63, 3.8) is 0 Å². The van der Waals surface area contributed by atoms with Crippen molar-refractivity contribution in [3.8, 4) is 0 Å². The zero-order valence-electron chi connectivity index (χ0n) is 20.9. The lowest BCUT2D eigenvalue weighted by atomic mass is 9.77. The molecule has 2 aliphatic carbocycles. The van der Waals surface area contributed by atoms with Gasteiger partial charge in [0.25, 0.3) is 0 Å². The fourth-order valence-electron chi connectivity index (χ4n) is 6.23. The molecule has 0 saturated carbocycles. The Labute approximate surface area is 214 Å². The molecule has 0 bridgehead atoms. The highest BCUT2D eigenvalue weighted by Gasteiger charge is 2.25. The summed E-state index contributed by atoms with van der Waals surface area (Å²) in [5.41, 5.74) is 11.7. The quantitative estimate of drug-likeness (QED) is 0.237. The molecule has 0 aromatic heterocycles. The first-order valence-electron chi connectivity index (χ1n) is 13.3. The van der Waals surface area contributed by atoms with Crippen LogP contribution in [0.3, 0.4) is 0 Å². The first-order valence-corrected chi connectivity index (χ1v) is 13.3. The molecule has 6 rings (SSSR count). The monoisotopic (exact) mass is 474 g/mol. The summed E-state index contributed by atoms with van der Waals surface area (Å²) in [6.45, 7) is 2.79. The molecule has 2 heteroatoms. The maximum absolute atomic E-state index is 6.05. The van der Waals surface area contributed by atoms with E-state index in [2.05, 4.69) is 97.1 Å². The van der Waals surface area contributed by atoms with Crippen LogP contribution in [0.4, 0.5) is 0 Å². The van der Waals surface area contributed by atoms with Crippen LogP contribution in [0.1, 0.15) is 69.2 Å². The molecule has 0 unspecified atom stereocenters. The number of hydrogen-bond donors (Lipinski definition) is 0. The van der Waals surface area contributed by atoms with Crippen LogP contribution in [0, 0.1) is 0 Å². The van der Waals surface area contributed by atoms with Gasteiger partial charge in [0.15, 0.2) is 0 Å². The predicted molar refractivity (Wildman–Crippen MR) is 146 cm³/mol. The Hall–Kier alpha value is -3.20. The van der Waals surface area contributed by atoms with E-state index < -0.39 is 0 Å². The number of benzene rings is 4. The lowest BCUT2D eigenvalue weighted by Gasteiger charge is -2.28. The van der Waals surface area contributed by atoms with Gasteiger partial charge < -0.3 is 9.47 Å². The minimum atomic E-state index is 0.415. The summed E-state index contributed by atoms with van der Waals surface area (Å²) in [6.07, 6.45) is 4.08. The summed E-state index contributed by atoms with van der Waals surface area (Å²) in [4.78, 5) is 0. The van der Waals surface area contributed by atoms with Gasteiger partial charge in [-0.15, -0.1) is 0 Å². The molecule has 2 nitrogen and oxygen atoms in total. The van der Waals surface area contributed by atoms with Gasteiger partial charge in [0.1, 0.15) is 0 Å². The zero-order chi connectivity index (χ0) is 24.2. The number of fused-ring (bicyclic) bond motifs is 4. The van der Waals surface area contributed by atoms with E-state index in [1.54, 1.807) is 0 Å². The molecule has 182 valence electrons. The van der Waals surface area contributed by atoms with Crippen molar-refractivity contribution >= 4 is 0 Å². The van der Waals surface area contributed by atoms with Crippen LogP contribution in [0.5, 0.6) is 0 Å². The van der Waals surface area contributed by atoms with E-state index in [0.717, 1.165) is 38.9 Å². The van der Waals surface area contributed by atoms with E-state index in [4.69, 9.17) is 9.47 Å². The van der Waals surface area contributed by atoms with Gasteiger partial charge in [-0.25, -0.2) is 0 Å². The van der Waals surface area contributed by atoms with Gasteiger partial charge in [-0.3, -0.25) is 0 Å². The van der Waals surface area contributed by atoms with Gasteiger partial charge in [0, 0.05) is 25.0 Å². The molecule has 4 aromatic rings. The van der Waals surface area contributed by atoms with Crippen LogP contribution in [0.15, 0.2) is 97.1 Å². The lowest BCUT2D eigenvalue weighted by molar-refractivity contribution is 0.0441. The third-order valence-corrected chi connectivity index (χ3v) is 7.96. The van der Waals surface area contributed by atoms with Gasteiger partial charge in [-0.1, -0.05) is 97.1 Å². The van der Waals surface area contributed by atoms with Crippen molar-refractivity contribution < 1.29 is 9.47 Å². The molecule has 0 atom stereocenters. The van der Waals surface area contributed by atoms with Crippen molar-refractivity contribution in [2.45, 2.75) is 37.5 Å². The Morgan fingerprint density at radius 3 is 1.06 bits per heavy atom. The van der Waals surface area contributed by atoms with Gasteiger partial charge in [-0.05, 0) is 70.2 Å². The van der Waals surface area contributed by atoms with Gasteiger partial charge in [0.05, 0.1) is 13.2 Å². The average molecular weight is 475 g/mol. The molecule has 0 fully saturated rings. The maximum Gasteiger partial charge on any atom is 0.0700 e. The predicted octanol–water partition coefficient (Wildman–Crippen LogP) is 7.27. The number of rotatable bonds is 9. The highest BCUT2D eigenvalue weighted by atomic mass is 16.5. The molecule has 2 aliphatic rings. The molecule has 0 N–H and O–H groups in total. The summed E-state index contributed by atoms with van der Waals surface area (Å²) in [5, 5.41) is 0. The van der Waals surface area contributed by atoms with Crippen molar-refractivity contribution in [3.05, 3.63) is 142 Å². The van der Waals surface area contributed by atoms with Crippen LogP contribution >= 0.6 is 0 Å². The van der Waals surface area contributed by atoms with Crippen molar-refractivity contribution in [1.82, 2.24) is 0 Å². The summed E-state index contributed by atoms with van der Waals surface area (Å²) in [5.74, 6) is 0.831. The SMILES string of the molecule is c1ccc2c(c1)Cc1ccccc1C2CCOCCOCCC1c2ccccc2Cc2ccccc21. The fraction of sp³-hybridized carbons (Fsp3) is 0.294. The Balaban J connectivity index is 0.987. The van der Waals surface area contributed by atoms with Crippen molar-refractivity contribution in [1.29, 1.82) is 0 Å². The third-order valence-electron chi connectivity index (χ3n) is 7.96. The van der Waals surface area contributed by atoms with E-state index in [9.17, 15) is 0 Å². The van der Waals surface area contributed by atoms with Gasteiger partial charge >= 0.3 is 0 Å². The van der Waals surface area contributed by atoms with Crippen LogP contribution in [0.25, 0.3) is 0 Å². The Bertz CT molecular complexity index is 1130. The largest absolute Gasteiger partial charge is 0.379 e. The van der Waals surface area contributed by atoms with E-state index in [1.165, 1.54) is 44.5 Å². The maximum atomic E-state index is 6.05. The normalized spacial score (nSPS) is 14.6. The van der Waals surface area contributed by atoms with Gasteiger partial charge in [0.2, 0.25) is 0 Å². The van der Waals surface area contributed by atoms with Crippen LogP contribution in [-0.2, 0) is 22.3 Å². The zero-order valence-corrected chi connectivity index (χ0v) is 20.9. The van der Waals surface area contributed by atoms with Crippen molar-refractivity contribution in [2.75, 3.05) is 26.4 Å². The Kier molecular flexibility index (Phi) is 6.98. The average Bonchev–Trinajstić information content (AvgIpc) is 2.93. The van der Waals surface area contributed by atoms with E-state index in [-0.39, 0.29) is 0 Å². The molecular formula is C34H34O2. The van der Waals surface area contributed by atoms with E-state index in [1.807, 2.05) is 0 Å². The molecule has 0 spiro atoms. The molecule has 36 heavy (non-hydrogen) atoms. The third kappa shape index (κ3) is 4.76. The summed E-state index contributed by atoms with van der Waals surface area (Å²) < 4.78 is 12.1. The fourth-order valence-corrected chi connectivity index (χ4v) is 6.23. The highest BCUT2D eigenvalue weighted by Crippen LogP contribution is 2.39. The Morgan fingerprint density at radius 2 is 0.722 bits per heavy atom. The minimum absolute atomic E-state index is 0.415. The second kappa shape index (κ2) is 10.8. The van der Waals surface area contributed by atoms with Gasteiger partial charge in [-0.2, -0.15) is 0 Å². The first-order chi connectivity index (χ1) is 17.9. The first kappa shape index (κ1) is 23.2. The smallest absolute Gasteiger partial charge is 0.0700 e. The minimum Gasteiger partial charge on any atom is -0.379 e. The van der Waals surface area contributed by atoms with Crippen LogP contribution in [0.2, 0.25) is 0 Å². The molecular weight excluding hydrogens is 440 g/mol. The summed E-state index contributed by atoms with van der Waals surface area (Å²) in [7, 11) is 0. The van der Waals surface area contributed by atoms with E-state index >= 15 is 0 Å². The molecule has 0 amide bonds. The van der Waals surface area contributed by atoms with E-state index in [0.29, 0.717) is 25.0 Å². The van der Waals surface area contributed by atoms with Crippen LogP contribution < -0.4 is 0 Å². The Morgan fingerprint density at radius 1 is 0.417 bits per heavy atom. The highest BCUT2D eigenvalue weighted by molar-refractivity contribution is 5.50. The summed E-state index contributed by atoms with van der Waals surface area (Å²) >= 11 is 0. The summed E-state index contributed by atoms with van der Waals surface area (Å²) in [6, 6.07) is 35.5. The second-order valence-corrected chi connectivity index (χ2v) is 10.1. The molecule has 0 heterocycles. The number of ether oxygens (including phenoxy) is 2. The molecule has 4 aromatic carbocycles. The lowest BCUT2D eigenvalue weighted by Crippen LogP contribution is -2.17. The second-order valence-electron chi connectivity index (χ2n) is 10.1.